The highest BCUT2D eigenvalue weighted by Gasteiger charge is 2.46. The van der Waals surface area contributed by atoms with Crippen molar-refractivity contribution in [3.05, 3.63) is 240 Å². The molecule has 0 heterocycles. The number of rotatable bonds is 8. The van der Waals surface area contributed by atoms with Gasteiger partial charge in [-0.05, 0) is 113 Å². The Hall–Kier alpha value is -6.64. The van der Waals surface area contributed by atoms with E-state index in [-0.39, 0.29) is 0 Å². The van der Waals surface area contributed by atoms with Crippen molar-refractivity contribution in [2.45, 2.75) is 12.3 Å². The van der Waals surface area contributed by atoms with E-state index in [1.165, 1.54) is 38.9 Å². The number of hydrogen-bond donors (Lipinski definition) is 0. The van der Waals surface area contributed by atoms with E-state index >= 15 is 0 Å². The van der Waals surface area contributed by atoms with Gasteiger partial charge in [0.2, 0.25) is 0 Å². The lowest BCUT2D eigenvalue weighted by Gasteiger charge is -2.35. The quantitative estimate of drug-likeness (QED) is 0.159. The van der Waals surface area contributed by atoms with E-state index in [9.17, 15) is 0 Å². The van der Waals surface area contributed by atoms with E-state index in [4.69, 9.17) is 0 Å². The molecule has 0 spiro atoms. The van der Waals surface area contributed by atoms with Crippen molar-refractivity contribution in [1.82, 2.24) is 0 Å². The third kappa shape index (κ3) is 5.28. The normalized spacial score (nSPS) is 12.5. The Labute approximate surface area is 306 Å². The minimum Gasteiger partial charge on any atom is -0.311 e. The molecule has 2 heteroatoms. The van der Waals surface area contributed by atoms with E-state index in [1.807, 2.05) is 0 Å². The minimum atomic E-state index is -0.510. The number of fused-ring (bicyclic) bond motifs is 3. The van der Waals surface area contributed by atoms with Crippen molar-refractivity contribution < 1.29 is 0 Å². The van der Waals surface area contributed by atoms with Crippen LogP contribution in [0.15, 0.2) is 212 Å². The van der Waals surface area contributed by atoms with Gasteiger partial charge in [0.1, 0.15) is 0 Å². The van der Waals surface area contributed by atoms with Gasteiger partial charge >= 0.3 is 0 Å². The second-order valence-corrected chi connectivity index (χ2v) is 13.5. The summed E-state index contributed by atoms with van der Waals surface area (Å²) in [6, 6.07) is 76.9. The SMILES string of the molecule is Cc1ccc2c(c1)C(c1ccc(N(c3ccccc3)c3ccccc3)cc1)(c1ccc(N(c3ccccc3)c3ccccc3)cc1)c1ccccc1-2. The number of hydrogen-bond acceptors (Lipinski definition) is 2. The van der Waals surface area contributed by atoms with Crippen LogP contribution in [0.25, 0.3) is 11.1 Å². The van der Waals surface area contributed by atoms with Crippen LogP contribution in [-0.2, 0) is 5.41 Å². The van der Waals surface area contributed by atoms with Crippen LogP contribution in [0.4, 0.5) is 34.1 Å². The predicted molar refractivity (Wildman–Crippen MR) is 218 cm³/mol. The maximum absolute atomic E-state index is 2.40. The van der Waals surface area contributed by atoms with Crippen LogP contribution >= 0.6 is 0 Å². The molecule has 248 valence electrons. The number of para-hydroxylation sites is 4. The third-order valence-corrected chi connectivity index (χ3v) is 10.4. The lowest BCUT2D eigenvalue weighted by Crippen LogP contribution is -2.29. The van der Waals surface area contributed by atoms with Gasteiger partial charge in [0.05, 0.1) is 5.41 Å². The van der Waals surface area contributed by atoms with Gasteiger partial charge in [0.15, 0.2) is 0 Å². The van der Waals surface area contributed by atoms with Crippen molar-refractivity contribution in [1.29, 1.82) is 0 Å². The fourth-order valence-corrected chi connectivity index (χ4v) is 8.11. The first kappa shape index (κ1) is 31.3. The van der Waals surface area contributed by atoms with E-state index in [0.717, 1.165) is 34.1 Å². The maximum atomic E-state index is 2.40. The molecule has 0 aromatic heterocycles. The highest BCUT2D eigenvalue weighted by molar-refractivity contribution is 5.87. The Morgan fingerprint density at radius 2 is 0.654 bits per heavy atom. The molecule has 0 atom stereocenters. The Morgan fingerprint density at radius 3 is 1.08 bits per heavy atom. The van der Waals surface area contributed by atoms with Crippen LogP contribution < -0.4 is 9.80 Å². The van der Waals surface area contributed by atoms with Crippen LogP contribution in [0.2, 0.25) is 0 Å². The molecule has 0 N–H and O–H groups in total. The van der Waals surface area contributed by atoms with Crippen molar-refractivity contribution in [3.63, 3.8) is 0 Å². The van der Waals surface area contributed by atoms with Gasteiger partial charge in [-0.25, -0.2) is 0 Å². The van der Waals surface area contributed by atoms with Gasteiger partial charge in [0, 0.05) is 34.1 Å². The molecule has 8 aromatic rings. The van der Waals surface area contributed by atoms with Crippen molar-refractivity contribution in [2.75, 3.05) is 9.80 Å². The fourth-order valence-electron chi connectivity index (χ4n) is 8.11. The summed E-state index contributed by atoms with van der Waals surface area (Å²) in [4.78, 5) is 4.65. The smallest absolute Gasteiger partial charge is 0.0713 e. The van der Waals surface area contributed by atoms with Crippen molar-refractivity contribution in [3.8, 4) is 11.1 Å². The summed E-state index contributed by atoms with van der Waals surface area (Å²) >= 11 is 0. The second kappa shape index (κ2) is 13.2. The Kier molecular flexibility index (Phi) is 7.98. The molecule has 0 amide bonds. The molecule has 0 aliphatic heterocycles. The minimum absolute atomic E-state index is 0.510. The largest absolute Gasteiger partial charge is 0.311 e. The van der Waals surface area contributed by atoms with Crippen molar-refractivity contribution >= 4 is 34.1 Å². The zero-order valence-electron chi connectivity index (χ0n) is 29.1. The van der Waals surface area contributed by atoms with Crippen LogP contribution in [0.3, 0.4) is 0 Å². The van der Waals surface area contributed by atoms with E-state index in [1.54, 1.807) is 0 Å². The van der Waals surface area contributed by atoms with Crippen LogP contribution in [0.5, 0.6) is 0 Å². The highest BCUT2D eigenvalue weighted by atomic mass is 15.1. The molecular formula is C50H38N2. The topological polar surface area (TPSA) is 6.48 Å². The first-order chi connectivity index (χ1) is 25.7. The van der Waals surface area contributed by atoms with Gasteiger partial charge in [0.25, 0.3) is 0 Å². The molecule has 9 rings (SSSR count). The highest BCUT2D eigenvalue weighted by Crippen LogP contribution is 2.57. The molecule has 8 aromatic carbocycles. The maximum Gasteiger partial charge on any atom is 0.0713 e. The lowest BCUT2D eigenvalue weighted by atomic mass is 9.67. The fraction of sp³-hybridized carbons (Fsp3) is 0.0400. The van der Waals surface area contributed by atoms with Crippen molar-refractivity contribution in [2.24, 2.45) is 0 Å². The first-order valence-corrected chi connectivity index (χ1v) is 17.9. The Bertz CT molecular complexity index is 2230. The van der Waals surface area contributed by atoms with E-state index in [2.05, 4.69) is 229 Å². The summed E-state index contributed by atoms with van der Waals surface area (Å²) in [6.45, 7) is 2.20. The molecule has 0 saturated heterocycles. The van der Waals surface area contributed by atoms with Crippen LogP contribution in [-0.4, -0.2) is 0 Å². The van der Waals surface area contributed by atoms with Gasteiger partial charge in [-0.1, -0.05) is 145 Å². The molecule has 2 nitrogen and oxygen atoms in total. The molecule has 52 heavy (non-hydrogen) atoms. The van der Waals surface area contributed by atoms with Crippen LogP contribution in [0, 0.1) is 6.92 Å². The Balaban J connectivity index is 1.23. The van der Waals surface area contributed by atoms with E-state index in [0.29, 0.717) is 0 Å². The molecular weight excluding hydrogens is 629 g/mol. The molecule has 0 unspecified atom stereocenters. The molecule has 1 aliphatic carbocycles. The zero-order chi connectivity index (χ0) is 34.9. The molecule has 1 aliphatic rings. The van der Waals surface area contributed by atoms with Gasteiger partial charge in [-0.2, -0.15) is 0 Å². The monoisotopic (exact) mass is 666 g/mol. The zero-order valence-corrected chi connectivity index (χ0v) is 29.1. The van der Waals surface area contributed by atoms with Crippen LogP contribution in [0.1, 0.15) is 27.8 Å². The molecule has 0 fully saturated rings. The molecule has 0 saturated carbocycles. The van der Waals surface area contributed by atoms with Gasteiger partial charge < -0.3 is 9.80 Å². The Morgan fingerprint density at radius 1 is 0.308 bits per heavy atom. The lowest BCUT2D eigenvalue weighted by molar-refractivity contribution is 0.767. The van der Waals surface area contributed by atoms with E-state index < -0.39 is 5.41 Å². The standard InChI is InChI=1S/C50H38N2/c1-37-26-35-47-46-24-14-15-25-48(46)50(49(47)36-37,38-27-31-44(32-28-38)51(40-16-6-2-7-17-40)41-18-8-3-9-19-41)39-29-33-45(34-30-39)52(42-20-10-4-11-21-42)43-22-12-5-13-23-43/h2-36H,1H3. The predicted octanol–water partition coefficient (Wildman–Crippen LogP) is 13.3. The summed E-state index contributed by atoms with van der Waals surface area (Å²) in [5.74, 6) is 0. The van der Waals surface area contributed by atoms with Gasteiger partial charge in [-0.3, -0.25) is 0 Å². The third-order valence-electron chi connectivity index (χ3n) is 10.4. The number of anilines is 6. The molecule has 0 bridgehead atoms. The number of aryl methyl sites for hydroxylation is 1. The summed E-state index contributed by atoms with van der Waals surface area (Å²) in [6.07, 6.45) is 0. The molecule has 0 radical (unpaired) electrons. The summed E-state index contributed by atoms with van der Waals surface area (Å²) < 4.78 is 0. The summed E-state index contributed by atoms with van der Waals surface area (Å²) in [5, 5.41) is 0. The first-order valence-electron chi connectivity index (χ1n) is 17.9. The summed E-state index contributed by atoms with van der Waals surface area (Å²) in [5.41, 5.74) is 15.2. The number of benzene rings is 8. The average molecular weight is 667 g/mol. The average Bonchev–Trinajstić information content (AvgIpc) is 3.50. The second-order valence-electron chi connectivity index (χ2n) is 13.5. The summed E-state index contributed by atoms with van der Waals surface area (Å²) in [7, 11) is 0. The number of nitrogens with zero attached hydrogens (tertiary/aromatic N) is 2. The van der Waals surface area contributed by atoms with Gasteiger partial charge in [-0.15, -0.1) is 0 Å².